The summed E-state index contributed by atoms with van der Waals surface area (Å²) < 4.78 is 6.91. The quantitative estimate of drug-likeness (QED) is 0.732. The summed E-state index contributed by atoms with van der Waals surface area (Å²) in [6.45, 7) is 3.31. The second kappa shape index (κ2) is 5.83. The number of hydrogen-bond acceptors (Lipinski definition) is 6. The van der Waals surface area contributed by atoms with Crippen LogP contribution in [0.25, 0.3) is 10.9 Å². The van der Waals surface area contributed by atoms with E-state index in [1.54, 1.807) is 11.6 Å². The number of nitrogens with zero attached hydrogens (tertiary/aromatic N) is 5. The van der Waals surface area contributed by atoms with Crippen LogP contribution in [0.5, 0.6) is 0 Å². The molecule has 0 aliphatic carbocycles. The third-order valence-electron chi connectivity index (χ3n) is 4.59. The molecule has 1 saturated heterocycles. The number of likely N-dealkylation sites (tertiary alicyclic amines) is 1. The van der Waals surface area contributed by atoms with Crippen molar-refractivity contribution in [2.24, 2.45) is 7.05 Å². The Morgan fingerprint density at radius 3 is 2.92 bits per heavy atom. The molecule has 3 heterocycles. The lowest BCUT2D eigenvalue weighted by Crippen LogP contribution is -2.30. The topological polar surface area (TPSA) is 77.0 Å². The van der Waals surface area contributed by atoms with Gasteiger partial charge in [-0.25, -0.2) is 4.98 Å². The summed E-state index contributed by atoms with van der Waals surface area (Å²) in [5.74, 6) is 2.04. The normalized spacial score (nSPS) is 18.5. The summed E-state index contributed by atoms with van der Waals surface area (Å²) in [6, 6.07) is 7.57. The van der Waals surface area contributed by atoms with Crippen LogP contribution in [0.2, 0.25) is 0 Å². The van der Waals surface area contributed by atoms with Crippen LogP contribution in [-0.2, 0) is 13.6 Å². The standard InChI is InChI=1S/C17H19N5O2/c1-11-18-15(24-20-11)10-22-9-5-8-14(22)16-19-13-7-4-3-6-12(13)17(23)21(16)2/h3-4,6-7,14H,5,8-10H2,1-2H3. The molecule has 4 rings (SSSR count). The highest BCUT2D eigenvalue weighted by molar-refractivity contribution is 5.77. The van der Waals surface area contributed by atoms with E-state index < -0.39 is 0 Å². The number of rotatable bonds is 3. The Morgan fingerprint density at radius 2 is 2.12 bits per heavy atom. The summed E-state index contributed by atoms with van der Waals surface area (Å²) in [5.41, 5.74) is 0.743. The smallest absolute Gasteiger partial charge is 0.261 e. The molecular formula is C17H19N5O2. The zero-order valence-corrected chi connectivity index (χ0v) is 13.8. The SMILES string of the molecule is Cc1noc(CN2CCCC2c2nc3ccccc3c(=O)n2C)n1. The molecule has 1 atom stereocenters. The van der Waals surface area contributed by atoms with Crippen molar-refractivity contribution < 1.29 is 4.52 Å². The monoisotopic (exact) mass is 325 g/mol. The van der Waals surface area contributed by atoms with Crippen molar-refractivity contribution in [2.45, 2.75) is 32.4 Å². The van der Waals surface area contributed by atoms with E-state index in [0.29, 0.717) is 23.6 Å². The van der Waals surface area contributed by atoms with E-state index in [2.05, 4.69) is 15.0 Å². The number of fused-ring (bicyclic) bond motifs is 1. The van der Waals surface area contributed by atoms with Gasteiger partial charge in [0.1, 0.15) is 5.82 Å². The van der Waals surface area contributed by atoms with Crippen LogP contribution in [0.1, 0.15) is 36.4 Å². The molecule has 0 radical (unpaired) electrons. The molecule has 24 heavy (non-hydrogen) atoms. The van der Waals surface area contributed by atoms with Crippen molar-refractivity contribution in [1.29, 1.82) is 0 Å². The average molecular weight is 325 g/mol. The molecule has 0 spiro atoms. The molecule has 0 saturated carbocycles. The molecule has 124 valence electrons. The summed E-state index contributed by atoms with van der Waals surface area (Å²) in [4.78, 5) is 23.9. The van der Waals surface area contributed by atoms with Gasteiger partial charge in [-0.3, -0.25) is 14.3 Å². The first-order valence-corrected chi connectivity index (χ1v) is 8.12. The fourth-order valence-corrected chi connectivity index (χ4v) is 3.42. The molecule has 1 fully saturated rings. The lowest BCUT2D eigenvalue weighted by molar-refractivity contribution is 0.203. The lowest BCUT2D eigenvalue weighted by Gasteiger charge is -2.24. The van der Waals surface area contributed by atoms with Crippen LogP contribution in [0.3, 0.4) is 0 Å². The Morgan fingerprint density at radius 1 is 1.29 bits per heavy atom. The van der Waals surface area contributed by atoms with Gasteiger partial charge in [-0.15, -0.1) is 0 Å². The second-order valence-corrected chi connectivity index (χ2v) is 6.22. The van der Waals surface area contributed by atoms with Crippen molar-refractivity contribution in [3.05, 3.63) is 52.2 Å². The minimum Gasteiger partial charge on any atom is -0.338 e. The second-order valence-electron chi connectivity index (χ2n) is 6.22. The minimum absolute atomic E-state index is 0.00363. The lowest BCUT2D eigenvalue weighted by atomic mass is 10.1. The zero-order valence-electron chi connectivity index (χ0n) is 13.8. The van der Waals surface area contributed by atoms with E-state index in [1.165, 1.54) is 0 Å². The highest BCUT2D eigenvalue weighted by Gasteiger charge is 2.30. The van der Waals surface area contributed by atoms with E-state index in [1.807, 2.05) is 31.2 Å². The van der Waals surface area contributed by atoms with Crippen LogP contribution >= 0.6 is 0 Å². The van der Waals surface area contributed by atoms with E-state index in [0.717, 1.165) is 30.7 Å². The van der Waals surface area contributed by atoms with Crippen LogP contribution in [0.4, 0.5) is 0 Å². The first-order valence-electron chi connectivity index (χ1n) is 8.12. The molecule has 1 aliphatic heterocycles. The summed E-state index contributed by atoms with van der Waals surface area (Å²) in [7, 11) is 1.80. The van der Waals surface area contributed by atoms with Crippen molar-refractivity contribution in [1.82, 2.24) is 24.6 Å². The number of benzene rings is 1. The zero-order chi connectivity index (χ0) is 16.7. The van der Waals surface area contributed by atoms with Gasteiger partial charge in [-0.1, -0.05) is 17.3 Å². The van der Waals surface area contributed by atoms with Gasteiger partial charge in [0.15, 0.2) is 5.82 Å². The number of hydrogen-bond donors (Lipinski definition) is 0. The predicted octanol–water partition coefficient (Wildman–Crippen LogP) is 1.96. The highest BCUT2D eigenvalue weighted by atomic mass is 16.5. The van der Waals surface area contributed by atoms with Crippen molar-refractivity contribution in [3.63, 3.8) is 0 Å². The van der Waals surface area contributed by atoms with Gasteiger partial charge in [0.25, 0.3) is 5.56 Å². The Hall–Kier alpha value is -2.54. The summed E-state index contributed by atoms with van der Waals surface area (Å²) >= 11 is 0. The van der Waals surface area contributed by atoms with E-state index >= 15 is 0 Å². The maximum atomic E-state index is 12.6. The molecule has 0 bridgehead atoms. The Bertz CT molecular complexity index is 946. The van der Waals surface area contributed by atoms with E-state index in [-0.39, 0.29) is 11.6 Å². The molecule has 0 N–H and O–H groups in total. The first-order chi connectivity index (χ1) is 11.6. The highest BCUT2D eigenvalue weighted by Crippen LogP contribution is 2.31. The summed E-state index contributed by atoms with van der Waals surface area (Å²) in [6.07, 6.45) is 2.02. The van der Waals surface area contributed by atoms with Crippen LogP contribution in [0, 0.1) is 6.92 Å². The van der Waals surface area contributed by atoms with Gasteiger partial charge < -0.3 is 4.52 Å². The number of aryl methyl sites for hydroxylation is 1. The van der Waals surface area contributed by atoms with Gasteiger partial charge in [0.05, 0.1) is 23.5 Å². The molecule has 7 nitrogen and oxygen atoms in total. The van der Waals surface area contributed by atoms with E-state index in [9.17, 15) is 4.79 Å². The van der Waals surface area contributed by atoms with Crippen LogP contribution < -0.4 is 5.56 Å². The summed E-state index contributed by atoms with van der Waals surface area (Å²) in [5, 5.41) is 4.50. The fraction of sp³-hybridized carbons (Fsp3) is 0.412. The van der Waals surface area contributed by atoms with Gasteiger partial charge in [0, 0.05) is 7.05 Å². The minimum atomic E-state index is -0.00363. The Kier molecular flexibility index (Phi) is 3.65. The van der Waals surface area contributed by atoms with Crippen LogP contribution in [-0.4, -0.2) is 31.1 Å². The molecule has 1 unspecified atom stereocenters. The molecule has 1 aliphatic rings. The third-order valence-corrected chi connectivity index (χ3v) is 4.59. The third kappa shape index (κ3) is 2.50. The molecule has 1 aromatic carbocycles. The largest absolute Gasteiger partial charge is 0.338 e. The average Bonchev–Trinajstić information content (AvgIpc) is 3.20. The van der Waals surface area contributed by atoms with Gasteiger partial charge in [0.2, 0.25) is 5.89 Å². The molecular weight excluding hydrogens is 306 g/mol. The Balaban J connectivity index is 1.73. The van der Waals surface area contributed by atoms with Crippen molar-refractivity contribution in [3.8, 4) is 0 Å². The van der Waals surface area contributed by atoms with Crippen molar-refractivity contribution in [2.75, 3.05) is 6.54 Å². The predicted molar refractivity (Wildman–Crippen MR) is 88.4 cm³/mol. The van der Waals surface area contributed by atoms with Gasteiger partial charge in [-0.05, 0) is 38.4 Å². The maximum absolute atomic E-state index is 12.6. The molecule has 2 aromatic heterocycles. The fourth-order valence-electron chi connectivity index (χ4n) is 3.42. The molecule has 7 heteroatoms. The molecule has 3 aromatic rings. The maximum Gasteiger partial charge on any atom is 0.261 e. The van der Waals surface area contributed by atoms with E-state index in [4.69, 9.17) is 9.51 Å². The van der Waals surface area contributed by atoms with Crippen molar-refractivity contribution >= 4 is 10.9 Å². The number of aromatic nitrogens is 4. The van der Waals surface area contributed by atoms with Crippen LogP contribution in [0.15, 0.2) is 33.6 Å². The number of para-hydroxylation sites is 1. The molecule has 0 amide bonds. The first kappa shape index (κ1) is 15.0. The van der Waals surface area contributed by atoms with Gasteiger partial charge in [-0.2, -0.15) is 4.98 Å². The van der Waals surface area contributed by atoms with Gasteiger partial charge >= 0.3 is 0 Å². The Labute approximate surface area is 138 Å².